The smallest absolute Gasteiger partial charge is 0.233 e. The minimum absolute atomic E-state index is 0.0524. The summed E-state index contributed by atoms with van der Waals surface area (Å²) in [5.41, 5.74) is 2.32. The van der Waals surface area contributed by atoms with Crippen molar-refractivity contribution in [3.8, 4) is 5.75 Å². The Bertz CT molecular complexity index is 626. The van der Waals surface area contributed by atoms with Crippen LogP contribution in [0.15, 0.2) is 54.6 Å². The van der Waals surface area contributed by atoms with Crippen molar-refractivity contribution >= 4 is 17.7 Å². The fourth-order valence-corrected chi connectivity index (χ4v) is 3.55. The molecule has 0 bridgehead atoms. The maximum Gasteiger partial charge on any atom is 0.233 e. The molecule has 1 N–H and O–H groups in total. The molecular formula is C20H25NO2S. The summed E-state index contributed by atoms with van der Waals surface area (Å²) in [7, 11) is 1.65. The average molecular weight is 343 g/mol. The zero-order valence-electron chi connectivity index (χ0n) is 14.5. The number of rotatable bonds is 8. The van der Waals surface area contributed by atoms with Crippen LogP contribution in [0.2, 0.25) is 0 Å². The van der Waals surface area contributed by atoms with Crippen LogP contribution in [-0.4, -0.2) is 18.3 Å². The van der Waals surface area contributed by atoms with Gasteiger partial charge in [-0.2, -0.15) is 0 Å². The van der Waals surface area contributed by atoms with Gasteiger partial charge in [0.15, 0.2) is 0 Å². The van der Waals surface area contributed by atoms with Crippen molar-refractivity contribution in [1.29, 1.82) is 0 Å². The fourth-order valence-electron chi connectivity index (χ4n) is 2.36. The molecular weight excluding hydrogens is 318 g/mol. The number of carbonyl (C=O) groups is 1. The van der Waals surface area contributed by atoms with Gasteiger partial charge in [-0.05, 0) is 29.2 Å². The van der Waals surface area contributed by atoms with E-state index in [9.17, 15) is 4.79 Å². The minimum atomic E-state index is -0.0524. The summed E-state index contributed by atoms with van der Waals surface area (Å²) in [6, 6.07) is 18.0. The molecule has 128 valence electrons. The van der Waals surface area contributed by atoms with Crippen molar-refractivity contribution in [3.63, 3.8) is 0 Å². The molecule has 1 unspecified atom stereocenters. The third-order valence-corrected chi connectivity index (χ3v) is 5.38. The van der Waals surface area contributed by atoms with Crippen LogP contribution in [0, 0.1) is 5.92 Å². The quantitative estimate of drug-likeness (QED) is 0.778. The highest BCUT2D eigenvalue weighted by atomic mass is 32.2. The maximum atomic E-state index is 12.5. The summed E-state index contributed by atoms with van der Waals surface area (Å²) in [5.74, 6) is 2.06. The molecule has 0 aliphatic carbocycles. The van der Waals surface area contributed by atoms with Gasteiger partial charge in [0.1, 0.15) is 5.75 Å². The number of hydrogen-bond donors (Lipinski definition) is 1. The molecule has 24 heavy (non-hydrogen) atoms. The standard InChI is InChI=1S/C20H25NO2S/c1-15(2)19(24-14-17-7-5-4-6-8-17)20(22)21-13-16-9-11-18(23-3)12-10-16/h4-12,15,19H,13-14H2,1-3H3,(H,21,22). The van der Waals surface area contributed by atoms with E-state index in [0.717, 1.165) is 17.1 Å². The van der Waals surface area contributed by atoms with Gasteiger partial charge in [0.25, 0.3) is 0 Å². The molecule has 0 aliphatic heterocycles. The topological polar surface area (TPSA) is 38.3 Å². The van der Waals surface area contributed by atoms with Crippen molar-refractivity contribution in [2.45, 2.75) is 31.4 Å². The Labute approximate surface area is 148 Å². The monoisotopic (exact) mass is 343 g/mol. The summed E-state index contributed by atoms with van der Waals surface area (Å²) in [6.45, 7) is 4.73. The predicted molar refractivity (Wildman–Crippen MR) is 101 cm³/mol. The molecule has 2 aromatic rings. The van der Waals surface area contributed by atoms with Crippen LogP contribution in [0.1, 0.15) is 25.0 Å². The molecule has 0 heterocycles. The van der Waals surface area contributed by atoms with Gasteiger partial charge < -0.3 is 10.1 Å². The van der Waals surface area contributed by atoms with Crippen molar-refractivity contribution in [2.24, 2.45) is 5.92 Å². The van der Waals surface area contributed by atoms with Crippen molar-refractivity contribution < 1.29 is 9.53 Å². The van der Waals surface area contributed by atoms with E-state index in [-0.39, 0.29) is 17.1 Å². The minimum Gasteiger partial charge on any atom is -0.497 e. The van der Waals surface area contributed by atoms with Crippen molar-refractivity contribution in [2.75, 3.05) is 7.11 Å². The van der Waals surface area contributed by atoms with Gasteiger partial charge in [-0.25, -0.2) is 0 Å². The molecule has 2 rings (SSSR count). The molecule has 0 radical (unpaired) electrons. The number of hydrogen-bond acceptors (Lipinski definition) is 3. The van der Waals surface area contributed by atoms with Crippen molar-refractivity contribution in [3.05, 3.63) is 65.7 Å². The van der Waals surface area contributed by atoms with Gasteiger partial charge in [0.05, 0.1) is 12.4 Å². The van der Waals surface area contributed by atoms with Gasteiger partial charge in [-0.15, -0.1) is 11.8 Å². The Morgan fingerprint density at radius 1 is 1.04 bits per heavy atom. The second-order valence-electron chi connectivity index (χ2n) is 6.03. The highest BCUT2D eigenvalue weighted by molar-refractivity contribution is 7.99. The largest absolute Gasteiger partial charge is 0.497 e. The summed E-state index contributed by atoms with van der Waals surface area (Å²) in [4.78, 5) is 12.5. The third kappa shape index (κ3) is 5.60. The third-order valence-electron chi connectivity index (χ3n) is 3.76. The first kappa shape index (κ1) is 18.4. The van der Waals surface area contributed by atoms with E-state index in [4.69, 9.17) is 4.74 Å². The average Bonchev–Trinajstić information content (AvgIpc) is 2.61. The Kier molecular flexibility index (Phi) is 7.19. The first-order valence-electron chi connectivity index (χ1n) is 8.16. The van der Waals surface area contributed by atoms with E-state index in [1.807, 2.05) is 42.5 Å². The Morgan fingerprint density at radius 3 is 2.29 bits per heavy atom. The molecule has 0 aliphatic rings. The van der Waals surface area contributed by atoms with Crippen molar-refractivity contribution in [1.82, 2.24) is 5.32 Å². The predicted octanol–water partition coefficient (Wildman–Crippen LogP) is 4.27. The molecule has 0 spiro atoms. The lowest BCUT2D eigenvalue weighted by atomic mass is 10.1. The molecule has 2 aromatic carbocycles. The van der Waals surface area contributed by atoms with Crippen LogP contribution < -0.4 is 10.1 Å². The second-order valence-corrected chi connectivity index (χ2v) is 7.16. The molecule has 1 amide bonds. The lowest BCUT2D eigenvalue weighted by Crippen LogP contribution is -2.35. The first-order chi connectivity index (χ1) is 11.6. The molecule has 4 heteroatoms. The second kappa shape index (κ2) is 9.38. The van der Waals surface area contributed by atoms with Gasteiger partial charge in [-0.1, -0.05) is 56.3 Å². The summed E-state index contributed by atoms with van der Waals surface area (Å²) < 4.78 is 5.15. The van der Waals surface area contributed by atoms with E-state index in [2.05, 4.69) is 31.3 Å². The first-order valence-corrected chi connectivity index (χ1v) is 9.21. The van der Waals surface area contributed by atoms with E-state index < -0.39 is 0 Å². The molecule has 0 saturated carbocycles. The lowest BCUT2D eigenvalue weighted by Gasteiger charge is -2.20. The Hall–Kier alpha value is -1.94. The van der Waals surface area contributed by atoms with Gasteiger partial charge in [0.2, 0.25) is 5.91 Å². The number of amides is 1. The molecule has 0 saturated heterocycles. The number of benzene rings is 2. The van der Waals surface area contributed by atoms with Crippen LogP contribution >= 0.6 is 11.8 Å². The Balaban J connectivity index is 1.88. The van der Waals surface area contributed by atoms with Gasteiger partial charge >= 0.3 is 0 Å². The van der Waals surface area contributed by atoms with Crippen LogP contribution in [0.25, 0.3) is 0 Å². The number of methoxy groups -OCH3 is 1. The number of carbonyl (C=O) groups excluding carboxylic acids is 1. The van der Waals surface area contributed by atoms with Crippen LogP contribution in [0.3, 0.4) is 0 Å². The van der Waals surface area contributed by atoms with E-state index in [0.29, 0.717) is 6.54 Å². The van der Waals surface area contributed by atoms with Crippen LogP contribution in [-0.2, 0) is 17.1 Å². The highest BCUT2D eigenvalue weighted by Crippen LogP contribution is 2.24. The molecule has 0 aromatic heterocycles. The molecule has 3 nitrogen and oxygen atoms in total. The maximum absolute atomic E-state index is 12.5. The van der Waals surface area contributed by atoms with Gasteiger partial charge in [-0.3, -0.25) is 4.79 Å². The molecule has 1 atom stereocenters. The summed E-state index contributed by atoms with van der Waals surface area (Å²) in [5, 5.41) is 3.00. The Morgan fingerprint density at radius 2 is 1.71 bits per heavy atom. The van der Waals surface area contributed by atoms with E-state index >= 15 is 0 Å². The number of thioether (sulfide) groups is 1. The SMILES string of the molecule is COc1ccc(CNC(=O)C(SCc2ccccc2)C(C)C)cc1. The fraction of sp³-hybridized carbons (Fsp3) is 0.350. The highest BCUT2D eigenvalue weighted by Gasteiger charge is 2.22. The zero-order chi connectivity index (χ0) is 17.4. The van der Waals surface area contributed by atoms with Gasteiger partial charge in [0, 0.05) is 12.3 Å². The lowest BCUT2D eigenvalue weighted by molar-refractivity contribution is -0.121. The normalized spacial score (nSPS) is 12.0. The summed E-state index contributed by atoms with van der Waals surface area (Å²) in [6.07, 6.45) is 0. The summed E-state index contributed by atoms with van der Waals surface area (Å²) >= 11 is 1.70. The van der Waals surface area contributed by atoms with E-state index in [1.54, 1.807) is 18.9 Å². The zero-order valence-corrected chi connectivity index (χ0v) is 15.3. The number of ether oxygens (including phenoxy) is 1. The number of nitrogens with one attached hydrogen (secondary N) is 1. The van der Waals surface area contributed by atoms with Crippen LogP contribution in [0.5, 0.6) is 5.75 Å². The molecule has 0 fully saturated rings. The van der Waals surface area contributed by atoms with E-state index in [1.165, 1.54) is 5.56 Å². The van der Waals surface area contributed by atoms with Crippen LogP contribution in [0.4, 0.5) is 0 Å².